The average Bonchev–Trinajstić information content (AvgIpc) is 2.91. The van der Waals surface area contributed by atoms with Crippen molar-refractivity contribution in [3.63, 3.8) is 0 Å². The minimum atomic E-state index is -0.00939. The second kappa shape index (κ2) is 5.13. The fraction of sp³-hybridized carbons (Fsp3) is 0.778. The maximum atomic E-state index is 9.07. The molecule has 3 heteroatoms. The molecule has 4 aliphatic rings. The van der Waals surface area contributed by atoms with Gasteiger partial charge in [-0.25, -0.2) is 0 Å². The Morgan fingerprint density at radius 1 is 1.14 bits per heavy atom. The summed E-state index contributed by atoms with van der Waals surface area (Å²) in [5.74, 6) is 4.62. The zero-order valence-corrected chi connectivity index (χ0v) is 13.0. The third kappa shape index (κ3) is 2.44. The van der Waals surface area contributed by atoms with E-state index in [1.807, 2.05) is 12.1 Å². The van der Waals surface area contributed by atoms with Gasteiger partial charge in [0.1, 0.15) is 18.1 Å². The lowest BCUT2D eigenvalue weighted by Crippen LogP contribution is -2.54. The monoisotopic (exact) mass is 289 g/mol. The smallest absolute Gasteiger partial charge is 0.129 e. The van der Waals surface area contributed by atoms with Gasteiger partial charge in [0, 0.05) is 6.04 Å². The summed E-state index contributed by atoms with van der Waals surface area (Å²) in [6.45, 7) is 3.15. The molecular formula is C18H27NO2. The summed E-state index contributed by atoms with van der Waals surface area (Å²) in [7, 11) is 0. The first kappa shape index (κ1) is 13.8. The Bertz CT molecular complexity index is 472. The molecule has 5 rings (SSSR count). The molecular weight excluding hydrogens is 262 g/mol. The first-order valence-electron chi connectivity index (χ1n) is 8.59. The molecule has 1 aromatic rings. The Balaban J connectivity index is 1.41. The third-order valence-corrected chi connectivity index (χ3v) is 6.46. The van der Waals surface area contributed by atoms with Crippen molar-refractivity contribution in [2.45, 2.75) is 64.6 Å². The van der Waals surface area contributed by atoms with Crippen molar-refractivity contribution in [1.82, 2.24) is 5.32 Å². The lowest BCUT2D eigenvalue weighted by atomic mass is 9.48. The zero-order chi connectivity index (χ0) is 14.4. The van der Waals surface area contributed by atoms with E-state index in [1.165, 1.54) is 38.5 Å². The van der Waals surface area contributed by atoms with Crippen molar-refractivity contribution >= 4 is 0 Å². The van der Waals surface area contributed by atoms with Crippen LogP contribution in [-0.4, -0.2) is 11.1 Å². The highest BCUT2D eigenvalue weighted by Crippen LogP contribution is 2.61. The summed E-state index contributed by atoms with van der Waals surface area (Å²) in [4.78, 5) is 0. The van der Waals surface area contributed by atoms with E-state index >= 15 is 0 Å². The summed E-state index contributed by atoms with van der Waals surface area (Å²) in [6.07, 6.45) is 8.83. The summed E-state index contributed by atoms with van der Waals surface area (Å²) < 4.78 is 5.59. The fourth-order valence-corrected chi connectivity index (χ4v) is 5.78. The minimum Gasteiger partial charge on any atom is -0.462 e. The van der Waals surface area contributed by atoms with Crippen LogP contribution in [0.5, 0.6) is 0 Å². The number of aliphatic hydroxyl groups is 1. The van der Waals surface area contributed by atoms with Gasteiger partial charge in [0.15, 0.2) is 0 Å². The molecule has 3 nitrogen and oxygen atoms in total. The van der Waals surface area contributed by atoms with E-state index in [0.29, 0.717) is 17.2 Å². The van der Waals surface area contributed by atoms with Gasteiger partial charge in [-0.1, -0.05) is 0 Å². The quantitative estimate of drug-likeness (QED) is 0.872. The van der Waals surface area contributed by atoms with Crippen LogP contribution >= 0.6 is 0 Å². The van der Waals surface area contributed by atoms with Crippen LogP contribution < -0.4 is 5.32 Å². The normalized spacial score (nSPS) is 38.9. The molecule has 4 fully saturated rings. The average molecular weight is 289 g/mol. The molecule has 0 radical (unpaired) electrons. The van der Waals surface area contributed by atoms with Crippen LogP contribution in [0.3, 0.4) is 0 Å². The molecule has 21 heavy (non-hydrogen) atoms. The number of aliphatic hydroxyl groups excluding tert-OH is 1. The van der Waals surface area contributed by atoms with Crippen molar-refractivity contribution in [2.24, 2.45) is 23.2 Å². The van der Waals surface area contributed by atoms with Gasteiger partial charge in [0.05, 0.1) is 6.54 Å². The highest BCUT2D eigenvalue weighted by Gasteiger charge is 2.52. The van der Waals surface area contributed by atoms with Crippen molar-refractivity contribution in [2.75, 3.05) is 0 Å². The maximum absolute atomic E-state index is 9.07. The standard InChI is InChI=1S/C18H27NO2/c1-12(19-10-16-2-3-17(11-20)21-16)18-7-13-4-14(8-18)6-15(5-13)9-18/h2-3,12-15,19-20H,4-11H2,1H3. The molecule has 0 aliphatic heterocycles. The summed E-state index contributed by atoms with van der Waals surface area (Å²) in [6, 6.07) is 4.41. The van der Waals surface area contributed by atoms with Crippen molar-refractivity contribution in [3.8, 4) is 0 Å². The van der Waals surface area contributed by atoms with Gasteiger partial charge in [-0.05, 0) is 80.8 Å². The van der Waals surface area contributed by atoms with E-state index in [9.17, 15) is 0 Å². The van der Waals surface area contributed by atoms with E-state index < -0.39 is 0 Å². The lowest BCUT2D eigenvalue weighted by Gasteiger charge is -2.59. The number of furan rings is 1. The largest absolute Gasteiger partial charge is 0.462 e. The topological polar surface area (TPSA) is 45.4 Å². The van der Waals surface area contributed by atoms with Gasteiger partial charge in [-0.2, -0.15) is 0 Å². The molecule has 1 aromatic heterocycles. The van der Waals surface area contributed by atoms with Gasteiger partial charge < -0.3 is 14.8 Å². The maximum Gasteiger partial charge on any atom is 0.129 e. The number of rotatable bonds is 5. The van der Waals surface area contributed by atoms with Crippen molar-refractivity contribution in [3.05, 3.63) is 23.7 Å². The van der Waals surface area contributed by atoms with Gasteiger partial charge in [-0.3, -0.25) is 0 Å². The third-order valence-electron chi connectivity index (χ3n) is 6.46. The fourth-order valence-electron chi connectivity index (χ4n) is 5.78. The molecule has 1 atom stereocenters. The van der Waals surface area contributed by atoms with Gasteiger partial charge in [0.2, 0.25) is 0 Å². The van der Waals surface area contributed by atoms with Crippen molar-refractivity contribution < 1.29 is 9.52 Å². The molecule has 0 saturated heterocycles. The second-order valence-corrected chi connectivity index (χ2v) is 7.91. The Kier molecular flexibility index (Phi) is 3.38. The summed E-state index contributed by atoms with van der Waals surface area (Å²) in [5.41, 5.74) is 0.543. The van der Waals surface area contributed by atoms with Crippen LogP contribution in [-0.2, 0) is 13.2 Å². The molecule has 0 aromatic carbocycles. The van der Waals surface area contributed by atoms with Crippen LogP contribution in [0.15, 0.2) is 16.5 Å². The highest BCUT2D eigenvalue weighted by molar-refractivity contribution is 5.08. The van der Waals surface area contributed by atoms with E-state index in [4.69, 9.17) is 9.52 Å². The predicted octanol–water partition coefficient (Wildman–Crippen LogP) is 3.47. The Labute approximate surface area is 127 Å². The number of nitrogens with one attached hydrogen (secondary N) is 1. The molecule has 1 unspecified atom stereocenters. The molecule has 4 aliphatic carbocycles. The minimum absolute atomic E-state index is 0.00939. The first-order chi connectivity index (χ1) is 10.2. The van der Waals surface area contributed by atoms with E-state index in [2.05, 4.69) is 12.2 Å². The van der Waals surface area contributed by atoms with Gasteiger partial charge in [0.25, 0.3) is 0 Å². The summed E-state index contributed by atoms with van der Waals surface area (Å²) >= 11 is 0. The SMILES string of the molecule is CC(NCc1ccc(CO)o1)C12CC3CC(CC(C3)C1)C2. The zero-order valence-electron chi connectivity index (χ0n) is 13.0. The Morgan fingerprint density at radius 3 is 2.24 bits per heavy atom. The van der Waals surface area contributed by atoms with E-state index in [0.717, 1.165) is 30.1 Å². The first-order valence-corrected chi connectivity index (χ1v) is 8.59. The van der Waals surface area contributed by atoms with Crippen molar-refractivity contribution in [1.29, 1.82) is 0 Å². The second-order valence-electron chi connectivity index (χ2n) is 7.91. The molecule has 0 amide bonds. The Hall–Kier alpha value is -0.800. The van der Waals surface area contributed by atoms with Crippen LogP contribution in [0, 0.1) is 23.2 Å². The molecule has 4 saturated carbocycles. The molecule has 1 heterocycles. The molecule has 116 valence electrons. The molecule has 2 N–H and O–H groups in total. The van der Waals surface area contributed by atoms with E-state index in [1.54, 1.807) is 0 Å². The number of hydrogen-bond donors (Lipinski definition) is 2. The van der Waals surface area contributed by atoms with Crippen LogP contribution in [0.1, 0.15) is 57.0 Å². The number of hydrogen-bond acceptors (Lipinski definition) is 3. The van der Waals surface area contributed by atoms with Crippen LogP contribution in [0.2, 0.25) is 0 Å². The molecule has 0 spiro atoms. The highest BCUT2D eigenvalue weighted by atomic mass is 16.4. The van der Waals surface area contributed by atoms with Gasteiger partial charge >= 0.3 is 0 Å². The molecule has 4 bridgehead atoms. The van der Waals surface area contributed by atoms with E-state index in [-0.39, 0.29) is 6.61 Å². The van der Waals surface area contributed by atoms with Crippen LogP contribution in [0.25, 0.3) is 0 Å². The summed E-state index contributed by atoms with van der Waals surface area (Å²) in [5, 5.41) is 12.8. The Morgan fingerprint density at radius 2 is 1.71 bits per heavy atom. The lowest BCUT2D eigenvalue weighted by molar-refractivity contribution is -0.0708. The van der Waals surface area contributed by atoms with Crippen LogP contribution in [0.4, 0.5) is 0 Å². The van der Waals surface area contributed by atoms with Gasteiger partial charge in [-0.15, -0.1) is 0 Å². The predicted molar refractivity (Wildman–Crippen MR) is 81.5 cm³/mol.